The zero-order valence-corrected chi connectivity index (χ0v) is 8.40. The molecule has 1 unspecified atom stereocenters. The Kier molecular flexibility index (Phi) is 4.14. The van der Waals surface area contributed by atoms with E-state index in [-0.39, 0.29) is 11.8 Å². The van der Waals surface area contributed by atoms with Crippen molar-refractivity contribution >= 4 is 17.0 Å². The molecule has 1 heterocycles. The molecule has 0 bridgehead atoms. The Labute approximate surface area is 85.3 Å². The van der Waals surface area contributed by atoms with Crippen molar-refractivity contribution in [3.8, 4) is 0 Å². The molecule has 82 valence electrons. The monoisotopic (exact) mass is 223 g/mol. The minimum atomic E-state index is -1.27. The summed E-state index contributed by atoms with van der Waals surface area (Å²) in [5.41, 5.74) is -0.839. The molecule has 0 aromatic carbocycles. The highest BCUT2D eigenvalue weighted by molar-refractivity contribution is 8.14. The fourth-order valence-electron chi connectivity index (χ4n) is 1.05. The van der Waals surface area contributed by atoms with E-state index < -0.39 is 23.7 Å². The van der Waals surface area contributed by atoms with Gasteiger partial charge in [-0.15, -0.1) is 0 Å². The highest BCUT2D eigenvalue weighted by Gasteiger charge is 2.38. The average Bonchev–Trinajstić information content (AvgIpc) is 2.19. The fraction of sp³-hybridized carbons (Fsp3) is 0.857. The molecule has 0 spiro atoms. The molecule has 1 saturated heterocycles. The first kappa shape index (κ1) is 11.7. The molecule has 7 heteroatoms. The lowest BCUT2D eigenvalue weighted by Gasteiger charge is -2.34. The van der Waals surface area contributed by atoms with Crippen LogP contribution in [0.1, 0.15) is 0 Å². The summed E-state index contributed by atoms with van der Waals surface area (Å²) in [5.74, 6) is 0. The zero-order valence-electron chi connectivity index (χ0n) is 7.58. The highest BCUT2D eigenvalue weighted by atomic mass is 32.2. The van der Waals surface area contributed by atoms with Crippen LogP contribution in [0.2, 0.25) is 0 Å². The Balaban J connectivity index is 2.50. The Hall–Kier alpha value is -0.340. The third-order valence-corrected chi connectivity index (χ3v) is 2.95. The molecule has 0 aromatic heterocycles. The number of ether oxygens (including phenoxy) is 1. The van der Waals surface area contributed by atoms with Crippen molar-refractivity contribution in [2.45, 2.75) is 23.7 Å². The minimum absolute atomic E-state index is 0.0904. The molecular weight excluding hydrogens is 210 g/mol. The van der Waals surface area contributed by atoms with Gasteiger partial charge in [0.05, 0.1) is 6.61 Å². The molecule has 1 fully saturated rings. The van der Waals surface area contributed by atoms with Crippen molar-refractivity contribution in [2.24, 2.45) is 0 Å². The predicted octanol–water partition coefficient (Wildman–Crippen LogP) is -1.50. The van der Waals surface area contributed by atoms with Crippen molar-refractivity contribution in [3.63, 3.8) is 0 Å². The van der Waals surface area contributed by atoms with Crippen LogP contribution in [-0.2, 0) is 4.74 Å². The number of carbonyl (C=O) groups is 1. The normalized spacial score (nSPS) is 38.0. The number of carbonyl (C=O) groups excluding carboxylic acids is 1. The van der Waals surface area contributed by atoms with E-state index in [0.717, 1.165) is 11.8 Å². The van der Waals surface area contributed by atoms with Crippen molar-refractivity contribution in [1.29, 1.82) is 0 Å². The number of hydrogen-bond acceptors (Lipinski definition) is 6. The highest BCUT2D eigenvalue weighted by Crippen LogP contribution is 2.24. The zero-order chi connectivity index (χ0) is 10.7. The molecule has 0 aliphatic carbocycles. The first-order valence-corrected chi connectivity index (χ1v) is 4.98. The molecule has 1 aliphatic heterocycles. The van der Waals surface area contributed by atoms with Crippen LogP contribution in [0.15, 0.2) is 0 Å². The Morgan fingerprint density at radius 1 is 1.43 bits per heavy atom. The lowest BCUT2D eigenvalue weighted by atomic mass is 10.1. The maximum atomic E-state index is 10.9. The van der Waals surface area contributed by atoms with Crippen LogP contribution in [0, 0.1) is 0 Å². The Bertz CT molecular complexity index is 214. The van der Waals surface area contributed by atoms with Gasteiger partial charge in [0.25, 0.3) is 5.24 Å². The summed E-state index contributed by atoms with van der Waals surface area (Å²) in [6, 6.07) is 0. The largest absolute Gasteiger partial charge is 0.388 e. The van der Waals surface area contributed by atoms with Crippen LogP contribution in [0.5, 0.6) is 0 Å². The molecule has 4 atom stereocenters. The molecule has 0 radical (unpaired) electrons. The van der Waals surface area contributed by atoms with Crippen LogP contribution in [0.4, 0.5) is 4.79 Å². The maximum Gasteiger partial charge on any atom is 0.281 e. The molecule has 1 aliphatic rings. The van der Waals surface area contributed by atoms with Gasteiger partial charge in [0.15, 0.2) is 0 Å². The molecule has 0 saturated carbocycles. The second-order valence-corrected chi connectivity index (χ2v) is 3.98. The summed E-state index contributed by atoms with van der Waals surface area (Å²) in [7, 11) is 1.45. The molecule has 4 N–H and O–H groups in total. The van der Waals surface area contributed by atoms with Crippen LogP contribution in [-0.4, -0.2) is 58.0 Å². The first-order valence-electron chi connectivity index (χ1n) is 4.10. The van der Waals surface area contributed by atoms with Gasteiger partial charge in [0, 0.05) is 7.05 Å². The minimum Gasteiger partial charge on any atom is -0.388 e. The van der Waals surface area contributed by atoms with Gasteiger partial charge in [-0.1, -0.05) is 0 Å². The standard InChI is InChI=1S/C7H13NO5S/c1-8-7(12)14-6-5(11)4(10)3(9)2-13-6/h3-6,9-11H,2H2,1H3,(H,8,12)/t3-,4+,5-,6?/m1/s1. The first-order chi connectivity index (χ1) is 6.56. The van der Waals surface area contributed by atoms with E-state index in [1.807, 2.05) is 0 Å². The van der Waals surface area contributed by atoms with Crippen LogP contribution >= 0.6 is 11.8 Å². The second-order valence-electron chi connectivity index (χ2n) is 2.91. The van der Waals surface area contributed by atoms with Crippen molar-refractivity contribution < 1.29 is 24.9 Å². The van der Waals surface area contributed by atoms with Crippen LogP contribution in [0.3, 0.4) is 0 Å². The van der Waals surface area contributed by atoms with Gasteiger partial charge in [-0.05, 0) is 11.8 Å². The van der Waals surface area contributed by atoms with Gasteiger partial charge in [-0.2, -0.15) is 0 Å². The topological polar surface area (TPSA) is 99.0 Å². The second kappa shape index (κ2) is 4.94. The van der Waals surface area contributed by atoms with Crippen LogP contribution in [0.25, 0.3) is 0 Å². The van der Waals surface area contributed by atoms with Crippen molar-refractivity contribution in [3.05, 3.63) is 0 Å². The van der Waals surface area contributed by atoms with E-state index in [1.165, 1.54) is 7.05 Å². The molecule has 1 rings (SSSR count). The number of hydrogen-bond donors (Lipinski definition) is 4. The summed E-state index contributed by atoms with van der Waals surface area (Å²) in [6.07, 6.45) is -3.64. The summed E-state index contributed by atoms with van der Waals surface area (Å²) in [6.45, 7) is -0.0904. The third-order valence-electron chi connectivity index (χ3n) is 1.88. The van der Waals surface area contributed by atoms with Crippen LogP contribution < -0.4 is 5.32 Å². The Morgan fingerprint density at radius 3 is 2.64 bits per heavy atom. The van der Waals surface area contributed by atoms with Gasteiger partial charge in [-0.25, -0.2) is 0 Å². The van der Waals surface area contributed by atoms with Crippen molar-refractivity contribution in [1.82, 2.24) is 5.32 Å². The molecular formula is C7H13NO5S. The SMILES string of the molecule is CNC(=O)SC1OC[C@@H](O)[C@H](O)[C@H]1O. The van der Waals surface area contributed by atoms with E-state index in [1.54, 1.807) is 0 Å². The van der Waals surface area contributed by atoms with E-state index in [0.29, 0.717) is 0 Å². The van der Waals surface area contributed by atoms with E-state index in [9.17, 15) is 15.0 Å². The van der Waals surface area contributed by atoms with Gasteiger partial charge >= 0.3 is 0 Å². The number of rotatable bonds is 1. The van der Waals surface area contributed by atoms with Gasteiger partial charge < -0.3 is 25.4 Å². The maximum absolute atomic E-state index is 10.9. The third kappa shape index (κ3) is 2.58. The number of amides is 1. The lowest BCUT2D eigenvalue weighted by molar-refractivity contribution is -0.161. The number of aliphatic hydroxyl groups excluding tert-OH is 3. The van der Waals surface area contributed by atoms with E-state index in [4.69, 9.17) is 9.84 Å². The Morgan fingerprint density at radius 2 is 2.07 bits per heavy atom. The van der Waals surface area contributed by atoms with E-state index >= 15 is 0 Å². The molecule has 6 nitrogen and oxygen atoms in total. The van der Waals surface area contributed by atoms with Crippen molar-refractivity contribution in [2.75, 3.05) is 13.7 Å². The molecule has 1 amide bonds. The average molecular weight is 223 g/mol. The van der Waals surface area contributed by atoms with Gasteiger partial charge in [0.1, 0.15) is 23.7 Å². The number of aliphatic hydroxyl groups is 3. The number of thioether (sulfide) groups is 1. The van der Waals surface area contributed by atoms with Gasteiger partial charge in [0.2, 0.25) is 0 Å². The summed E-state index contributed by atoms with van der Waals surface area (Å²) < 4.78 is 4.99. The smallest absolute Gasteiger partial charge is 0.281 e. The quantitative estimate of drug-likeness (QED) is 0.432. The molecule has 0 aromatic rings. The summed E-state index contributed by atoms with van der Waals surface area (Å²) in [4.78, 5) is 10.9. The summed E-state index contributed by atoms with van der Waals surface area (Å²) >= 11 is 0.741. The predicted molar refractivity (Wildman–Crippen MR) is 49.8 cm³/mol. The molecule has 14 heavy (non-hydrogen) atoms. The lowest BCUT2D eigenvalue weighted by Crippen LogP contribution is -2.52. The van der Waals surface area contributed by atoms with Gasteiger partial charge in [-0.3, -0.25) is 4.79 Å². The summed E-state index contributed by atoms with van der Waals surface area (Å²) in [5, 5.41) is 29.8. The van der Waals surface area contributed by atoms with E-state index in [2.05, 4.69) is 5.32 Å². The number of nitrogens with one attached hydrogen (secondary N) is 1. The fourth-order valence-corrected chi connectivity index (χ4v) is 1.82.